The Morgan fingerprint density at radius 3 is 2.05 bits per heavy atom. The maximum Gasteiger partial charge on any atom is 0.324 e. The summed E-state index contributed by atoms with van der Waals surface area (Å²) in [6.45, 7) is 3.18. The standard InChI is InChI=1S/C38H30O13S5/c1-3-50-36(39)38(37(40)51-4-2)19-21(11-13-27-23-7-5-9-25-30(54(41,42)43)16-15-29(52-27)33(23)25)17-22(20-38)12-14-28-24-8-6-10-26-31(55(44,45)46)18-32(56(47,48)49)35(53-28)34(24)26/h5-18H,3-4,19-20H2,1-2H3,(H2-,41,42,43,44,45,46,47,48,49). The molecule has 1 aliphatic heterocycles. The fraction of sp³-hybridized carbons (Fsp3) is 0.184. The molecule has 0 spiro atoms. The summed E-state index contributed by atoms with van der Waals surface area (Å²) in [6.07, 6.45) is 8.27. The number of esters is 2. The zero-order valence-electron chi connectivity index (χ0n) is 29.3. The normalized spacial score (nSPS) is 16.9. The Morgan fingerprint density at radius 2 is 1.43 bits per heavy atom. The summed E-state index contributed by atoms with van der Waals surface area (Å²) >= 11 is 2.30. The summed E-state index contributed by atoms with van der Waals surface area (Å²) < 4.78 is 118. The molecular formula is C38H30O13S5. The Morgan fingerprint density at radius 1 is 0.804 bits per heavy atom. The van der Waals surface area contributed by atoms with E-state index in [1.807, 2.05) is 0 Å². The third kappa shape index (κ3) is 7.00. The van der Waals surface area contributed by atoms with Crippen molar-refractivity contribution in [3.63, 3.8) is 0 Å². The number of benzene rings is 4. The molecule has 4 aromatic carbocycles. The van der Waals surface area contributed by atoms with Gasteiger partial charge in [-0.2, -0.15) is 16.8 Å². The number of carbonyl (C=O) groups is 2. The third-order valence-electron chi connectivity index (χ3n) is 9.41. The Balaban J connectivity index is 1.38. The van der Waals surface area contributed by atoms with E-state index in [4.69, 9.17) is 9.47 Å². The smallest absolute Gasteiger partial charge is 0.324 e. The Labute approximate surface area is 328 Å². The van der Waals surface area contributed by atoms with Crippen LogP contribution in [0, 0.1) is 5.41 Å². The molecule has 0 bridgehead atoms. The van der Waals surface area contributed by atoms with Crippen LogP contribution in [0.4, 0.5) is 0 Å². The van der Waals surface area contributed by atoms with Crippen LogP contribution in [0.3, 0.4) is 0 Å². The van der Waals surface area contributed by atoms with Gasteiger partial charge in [0, 0.05) is 36.9 Å². The lowest BCUT2D eigenvalue weighted by atomic mass is 9.71. The predicted octanol–water partition coefficient (Wildman–Crippen LogP) is 5.10. The van der Waals surface area contributed by atoms with Gasteiger partial charge in [-0.3, -0.25) is 18.7 Å². The predicted molar refractivity (Wildman–Crippen MR) is 211 cm³/mol. The van der Waals surface area contributed by atoms with Gasteiger partial charge < -0.3 is 14.0 Å². The molecule has 0 unspecified atom stereocenters. The van der Waals surface area contributed by atoms with Crippen molar-refractivity contribution in [3.8, 4) is 0 Å². The van der Waals surface area contributed by atoms with Gasteiger partial charge in [0.25, 0.3) is 25.1 Å². The van der Waals surface area contributed by atoms with Crippen LogP contribution in [-0.2, 0) is 60.8 Å². The maximum atomic E-state index is 13.7. The Bertz CT molecular complexity index is 3040. The first-order valence-electron chi connectivity index (χ1n) is 16.8. The molecule has 2 heterocycles. The van der Waals surface area contributed by atoms with Gasteiger partial charge in [-0.05, 0) is 68.2 Å². The van der Waals surface area contributed by atoms with Crippen LogP contribution >= 0.6 is 11.3 Å². The van der Waals surface area contributed by atoms with Gasteiger partial charge in [-0.15, -0.1) is 11.3 Å². The first-order chi connectivity index (χ1) is 26.4. The number of hydrogen-bond donors (Lipinski definition) is 2. The van der Waals surface area contributed by atoms with E-state index in [1.54, 1.807) is 74.6 Å². The molecule has 18 heteroatoms. The Kier molecular flexibility index (Phi) is 10.2. The molecule has 290 valence electrons. The quantitative estimate of drug-likeness (QED) is 0.0468. The third-order valence-corrected chi connectivity index (χ3v) is 14.5. The summed E-state index contributed by atoms with van der Waals surface area (Å²) in [5, 5.41) is 1.82. The molecule has 13 nitrogen and oxygen atoms in total. The van der Waals surface area contributed by atoms with E-state index < -0.39 is 57.5 Å². The number of thiophene rings is 1. The molecule has 0 fully saturated rings. The van der Waals surface area contributed by atoms with Crippen molar-refractivity contribution >= 4 is 108 Å². The minimum absolute atomic E-state index is 0.0174. The number of allylic oxidation sites excluding steroid dienone is 6. The first-order valence-corrected chi connectivity index (χ1v) is 22.7. The van der Waals surface area contributed by atoms with Crippen LogP contribution in [0.2, 0.25) is 0 Å². The first kappa shape index (κ1) is 39.6. The largest absolute Gasteiger partial charge is 0.744 e. The van der Waals surface area contributed by atoms with Crippen LogP contribution in [0.25, 0.3) is 37.7 Å². The average molecular weight is 855 g/mol. The number of ether oxygens (including phenoxy) is 2. The number of rotatable bonds is 10. The van der Waals surface area contributed by atoms with E-state index in [-0.39, 0.29) is 46.6 Å². The molecule has 2 N–H and O–H groups in total. The molecule has 0 saturated carbocycles. The summed E-state index contributed by atoms with van der Waals surface area (Å²) in [4.78, 5) is 26.2. The monoisotopic (exact) mass is 854 g/mol. The van der Waals surface area contributed by atoms with Crippen LogP contribution in [0.15, 0.2) is 110 Å². The van der Waals surface area contributed by atoms with E-state index in [1.165, 1.54) is 29.5 Å². The summed E-state index contributed by atoms with van der Waals surface area (Å²) in [6, 6.07) is 13.1. The number of hydrogen-bond acceptors (Lipinski definition) is 12. The van der Waals surface area contributed by atoms with Gasteiger partial charge in [-0.25, -0.2) is 8.42 Å². The molecule has 56 heavy (non-hydrogen) atoms. The highest BCUT2D eigenvalue weighted by Crippen LogP contribution is 2.43. The summed E-state index contributed by atoms with van der Waals surface area (Å²) in [5.41, 5.74) is -0.390. The van der Waals surface area contributed by atoms with Gasteiger partial charge >= 0.3 is 11.9 Å². The molecule has 0 amide bonds. The van der Waals surface area contributed by atoms with Gasteiger partial charge in [0.15, 0.2) is 10.3 Å². The second-order valence-corrected chi connectivity index (χ2v) is 19.2. The molecule has 7 rings (SSSR count). The van der Waals surface area contributed by atoms with E-state index >= 15 is 0 Å². The van der Waals surface area contributed by atoms with Crippen molar-refractivity contribution in [1.82, 2.24) is 0 Å². The second kappa shape index (κ2) is 14.4. The SMILES string of the molecule is CCOC(=O)C1(C(=O)OCC)CC(/C=C/C2=[S+]c3c(S(=O)(=O)O)cc(S(=O)(=O)O)c4cccc2c34)=CC(=C/C=c2/sc3ccc(S(=O)(=O)[O-])c4cccc2c34)/C1. The fourth-order valence-electron chi connectivity index (χ4n) is 7.13. The maximum absolute atomic E-state index is 13.7. The highest BCUT2D eigenvalue weighted by atomic mass is 32.2. The van der Waals surface area contributed by atoms with Crippen molar-refractivity contribution in [3.05, 3.63) is 100 Å². The fourth-order valence-corrected chi connectivity index (χ4v) is 11.9. The van der Waals surface area contributed by atoms with E-state index in [0.717, 1.165) is 20.6 Å². The highest BCUT2D eigenvalue weighted by Gasteiger charge is 2.51. The molecular weight excluding hydrogens is 825 g/mol. The van der Waals surface area contributed by atoms with E-state index in [2.05, 4.69) is 0 Å². The lowest BCUT2D eigenvalue weighted by Crippen LogP contribution is -2.44. The molecule has 0 radical (unpaired) electrons. The lowest BCUT2D eigenvalue weighted by molar-refractivity contribution is -0.172. The minimum atomic E-state index is -4.95. The molecule has 1 aliphatic carbocycles. The van der Waals surface area contributed by atoms with Crippen LogP contribution in [0.5, 0.6) is 0 Å². The molecule has 0 saturated heterocycles. The van der Waals surface area contributed by atoms with Crippen molar-refractivity contribution < 1.29 is 58.0 Å². The van der Waals surface area contributed by atoms with Crippen LogP contribution in [0.1, 0.15) is 32.3 Å². The lowest BCUT2D eigenvalue weighted by Gasteiger charge is -2.33. The minimum Gasteiger partial charge on any atom is -0.744 e. The van der Waals surface area contributed by atoms with Crippen molar-refractivity contribution in [2.75, 3.05) is 13.2 Å². The molecule has 2 aliphatic rings. The van der Waals surface area contributed by atoms with Gasteiger partial charge in [0.1, 0.15) is 15.0 Å². The summed E-state index contributed by atoms with van der Waals surface area (Å²) in [5.74, 6) is -1.60. The van der Waals surface area contributed by atoms with Gasteiger partial charge in [-0.1, -0.05) is 48.6 Å². The topological polar surface area (TPSA) is 219 Å². The molecule has 0 atom stereocenters. The Hall–Kier alpha value is -4.66. The van der Waals surface area contributed by atoms with Crippen LogP contribution < -0.4 is 4.53 Å². The van der Waals surface area contributed by atoms with Gasteiger partial charge in [0.05, 0.1) is 29.1 Å². The highest BCUT2D eigenvalue weighted by molar-refractivity contribution is 7.88. The average Bonchev–Trinajstić information content (AvgIpc) is 3.68. The summed E-state index contributed by atoms with van der Waals surface area (Å²) in [7, 11) is -14.6. The zero-order valence-corrected chi connectivity index (χ0v) is 33.4. The second-order valence-electron chi connectivity index (χ2n) is 12.9. The number of carbonyl (C=O) groups excluding carboxylic acids is 2. The molecule has 5 aromatic rings. The van der Waals surface area contributed by atoms with Crippen molar-refractivity contribution in [1.29, 1.82) is 0 Å². The zero-order chi connectivity index (χ0) is 40.4. The molecule has 1 aromatic heterocycles. The van der Waals surface area contributed by atoms with E-state index in [9.17, 15) is 48.5 Å². The van der Waals surface area contributed by atoms with Crippen molar-refractivity contribution in [2.24, 2.45) is 5.41 Å². The van der Waals surface area contributed by atoms with Crippen LogP contribution in [-0.4, -0.2) is 68.9 Å². The van der Waals surface area contributed by atoms with E-state index in [0.29, 0.717) is 43.8 Å². The van der Waals surface area contributed by atoms with Crippen molar-refractivity contribution in [2.45, 2.75) is 46.3 Å². The van der Waals surface area contributed by atoms with Gasteiger partial charge in [0.2, 0.25) is 16.2 Å².